The summed E-state index contributed by atoms with van der Waals surface area (Å²) in [4.78, 5) is 0. The van der Waals surface area contributed by atoms with E-state index in [0.717, 1.165) is 12.5 Å². The molecule has 1 N–H and O–H groups in total. The van der Waals surface area contributed by atoms with Crippen molar-refractivity contribution in [2.75, 3.05) is 13.7 Å². The molecule has 1 unspecified atom stereocenters. The lowest BCUT2D eigenvalue weighted by Crippen LogP contribution is -2.45. The lowest BCUT2D eigenvalue weighted by Gasteiger charge is -2.38. The van der Waals surface area contributed by atoms with Crippen molar-refractivity contribution in [3.05, 3.63) is 34.3 Å². The van der Waals surface area contributed by atoms with E-state index >= 15 is 0 Å². The van der Waals surface area contributed by atoms with Crippen molar-refractivity contribution in [3.63, 3.8) is 0 Å². The number of hydrogen-bond donors (Lipinski definition) is 1. The van der Waals surface area contributed by atoms with Crippen LogP contribution in [0.5, 0.6) is 0 Å². The second kappa shape index (κ2) is 5.98. The molecule has 1 aromatic carbocycles. The molecule has 0 amide bonds. The number of rotatable bonds is 5. The van der Waals surface area contributed by atoms with E-state index in [0.29, 0.717) is 12.1 Å². The molecule has 3 heteroatoms. The Kier molecular flexibility index (Phi) is 4.60. The summed E-state index contributed by atoms with van der Waals surface area (Å²) in [6.07, 6.45) is 2.48. The maximum atomic E-state index is 5.13. The normalized spacial score (nSPS) is 25.4. The van der Waals surface area contributed by atoms with Gasteiger partial charge in [-0.2, -0.15) is 0 Å². The zero-order valence-electron chi connectivity index (χ0n) is 10.4. The summed E-state index contributed by atoms with van der Waals surface area (Å²) in [5.41, 5.74) is 1.46. The first-order valence-electron chi connectivity index (χ1n) is 6.19. The minimum atomic E-state index is 0.452. The quantitative estimate of drug-likeness (QED) is 0.900. The van der Waals surface area contributed by atoms with Crippen molar-refractivity contribution < 1.29 is 4.74 Å². The summed E-state index contributed by atoms with van der Waals surface area (Å²) in [7, 11) is 1.75. The molecule has 0 radical (unpaired) electrons. The smallest absolute Gasteiger partial charge is 0.0613 e. The van der Waals surface area contributed by atoms with E-state index in [2.05, 4.69) is 52.4 Å². The first-order chi connectivity index (χ1) is 8.19. The summed E-state index contributed by atoms with van der Waals surface area (Å²) in [5.74, 6) is 0.722. The molecule has 1 saturated carbocycles. The van der Waals surface area contributed by atoms with Crippen LogP contribution in [0.4, 0.5) is 0 Å². The van der Waals surface area contributed by atoms with Crippen LogP contribution in [0.3, 0.4) is 0 Å². The van der Waals surface area contributed by atoms with Crippen LogP contribution < -0.4 is 5.32 Å². The molecule has 0 spiro atoms. The number of methoxy groups -OCH3 is 1. The third-order valence-electron chi connectivity index (χ3n) is 3.40. The molecule has 0 saturated heterocycles. The van der Waals surface area contributed by atoms with Crippen LogP contribution in [0.1, 0.15) is 31.2 Å². The van der Waals surface area contributed by atoms with Crippen LogP contribution in [0.2, 0.25) is 0 Å². The van der Waals surface area contributed by atoms with Crippen molar-refractivity contribution in [2.45, 2.75) is 37.8 Å². The Hall–Kier alpha value is -0.380. The highest BCUT2D eigenvalue weighted by Crippen LogP contribution is 2.37. The van der Waals surface area contributed by atoms with Gasteiger partial charge in [0.05, 0.1) is 6.61 Å². The van der Waals surface area contributed by atoms with E-state index in [1.165, 1.54) is 22.9 Å². The van der Waals surface area contributed by atoms with Crippen LogP contribution >= 0.6 is 15.9 Å². The van der Waals surface area contributed by atoms with Gasteiger partial charge >= 0.3 is 0 Å². The van der Waals surface area contributed by atoms with Crippen LogP contribution in [0.15, 0.2) is 28.7 Å². The third-order valence-corrected chi connectivity index (χ3v) is 3.89. The Balaban J connectivity index is 1.79. The minimum Gasteiger partial charge on any atom is -0.383 e. The van der Waals surface area contributed by atoms with E-state index in [1.54, 1.807) is 7.11 Å². The van der Waals surface area contributed by atoms with Gasteiger partial charge in [-0.05, 0) is 43.4 Å². The lowest BCUT2D eigenvalue weighted by molar-refractivity contribution is 0.152. The van der Waals surface area contributed by atoms with Gasteiger partial charge in [0.25, 0.3) is 0 Å². The maximum Gasteiger partial charge on any atom is 0.0613 e. The van der Waals surface area contributed by atoms with Gasteiger partial charge in [-0.25, -0.2) is 0 Å². The molecule has 17 heavy (non-hydrogen) atoms. The van der Waals surface area contributed by atoms with Gasteiger partial charge in [-0.1, -0.05) is 28.1 Å². The largest absolute Gasteiger partial charge is 0.383 e. The molecular weight excluding hydrogens is 278 g/mol. The molecule has 2 rings (SSSR count). The van der Waals surface area contributed by atoms with E-state index in [4.69, 9.17) is 4.74 Å². The molecule has 0 aromatic heterocycles. The molecule has 94 valence electrons. The second-order valence-corrected chi connectivity index (χ2v) is 5.86. The van der Waals surface area contributed by atoms with Crippen molar-refractivity contribution in [1.29, 1.82) is 0 Å². The molecule has 1 aromatic rings. The van der Waals surface area contributed by atoms with Crippen LogP contribution in [0.25, 0.3) is 0 Å². The van der Waals surface area contributed by atoms with E-state index < -0.39 is 0 Å². The Labute approximate surface area is 112 Å². The van der Waals surface area contributed by atoms with E-state index in [-0.39, 0.29) is 0 Å². The first kappa shape index (κ1) is 13.1. The summed E-state index contributed by atoms with van der Waals surface area (Å²) in [6, 6.07) is 9.77. The highest BCUT2D eigenvalue weighted by molar-refractivity contribution is 9.10. The predicted molar refractivity (Wildman–Crippen MR) is 74.4 cm³/mol. The predicted octanol–water partition coefficient (Wildman–Crippen LogP) is 3.32. The Morgan fingerprint density at radius 1 is 1.47 bits per heavy atom. The fourth-order valence-electron chi connectivity index (χ4n) is 2.49. The van der Waals surface area contributed by atoms with E-state index in [9.17, 15) is 0 Å². The number of hydrogen-bond acceptors (Lipinski definition) is 2. The summed E-state index contributed by atoms with van der Waals surface area (Å²) < 4.78 is 6.31. The van der Waals surface area contributed by atoms with E-state index in [1.807, 2.05) is 0 Å². The Morgan fingerprint density at radius 2 is 2.24 bits per heavy atom. The molecule has 1 aliphatic carbocycles. The average molecular weight is 298 g/mol. The highest BCUT2D eigenvalue weighted by Gasteiger charge is 2.30. The SMILES string of the molecule is COCC(C)NC1CC(c2cccc(Br)c2)C1. The van der Waals surface area contributed by atoms with Crippen molar-refractivity contribution in [1.82, 2.24) is 5.32 Å². The van der Waals surface area contributed by atoms with Gasteiger partial charge in [0.2, 0.25) is 0 Å². The molecule has 0 aliphatic heterocycles. The maximum absolute atomic E-state index is 5.13. The van der Waals surface area contributed by atoms with Gasteiger partial charge in [0.15, 0.2) is 0 Å². The topological polar surface area (TPSA) is 21.3 Å². The van der Waals surface area contributed by atoms with Gasteiger partial charge in [-0.3, -0.25) is 0 Å². The standard InChI is InChI=1S/C14H20BrNO/c1-10(9-17-2)16-14-7-12(8-14)11-4-3-5-13(15)6-11/h3-6,10,12,14,16H,7-9H2,1-2H3. The summed E-state index contributed by atoms with van der Waals surface area (Å²) >= 11 is 3.53. The fraction of sp³-hybridized carbons (Fsp3) is 0.571. The number of nitrogens with one attached hydrogen (secondary N) is 1. The second-order valence-electron chi connectivity index (χ2n) is 4.94. The van der Waals surface area contributed by atoms with Crippen LogP contribution in [0, 0.1) is 0 Å². The molecule has 1 atom stereocenters. The van der Waals surface area contributed by atoms with Crippen molar-refractivity contribution in [3.8, 4) is 0 Å². The summed E-state index contributed by atoms with van der Waals surface area (Å²) in [5, 5.41) is 3.59. The van der Waals surface area contributed by atoms with Crippen LogP contribution in [-0.4, -0.2) is 25.8 Å². The zero-order chi connectivity index (χ0) is 12.3. The Morgan fingerprint density at radius 3 is 2.88 bits per heavy atom. The number of benzene rings is 1. The molecule has 1 aliphatic rings. The van der Waals surface area contributed by atoms with Gasteiger partial charge in [0.1, 0.15) is 0 Å². The molecule has 0 heterocycles. The van der Waals surface area contributed by atoms with Gasteiger partial charge < -0.3 is 10.1 Å². The third kappa shape index (κ3) is 3.54. The highest BCUT2D eigenvalue weighted by atomic mass is 79.9. The molecule has 2 nitrogen and oxygen atoms in total. The molecule has 0 bridgehead atoms. The fourth-order valence-corrected chi connectivity index (χ4v) is 2.90. The average Bonchev–Trinajstić information content (AvgIpc) is 2.23. The van der Waals surface area contributed by atoms with Crippen LogP contribution in [-0.2, 0) is 4.74 Å². The monoisotopic (exact) mass is 297 g/mol. The Bertz CT molecular complexity index is 363. The lowest BCUT2D eigenvalue weighted by atomic mass is 9.75. The molecule has 1 fully saturated rings. The van der Waals surface area contributed by atoms with Crippen molar-refractivity contribution >= 4 is 15.9 Å². The zero-order valence-corrected chi connectivity index (χ0v) is 12.0. The first-order valence-corrected chi connectivity index (χ1v) is 6.98. The van der Waals surface area contributed by atoms with Gasteiger partial charge in [-0.15, -0.1) is 0 Å². The van der Waals surface area contributed by atoms with Gasteiger partial charge in [0, 0.05) is 23.7 Å². The summed E-state index contributed by atoms with van der Waals surface area (Å²) in [6.45, 7) is 2.97. The number of halogens is 1. The molecular formula is C14H20BrNO. The minimum absolute atomic E-state index is 0.452. The van der Waals surface area contributed by atoms with Crippen molar-refractivity contribution in [2.24, 2.45) is 0 Å². The number of ether oxygens (including phenoxy) is 1.